The highest BCUT2D eigenvalue weighted by atomic mass is 32.2. The Morgan fingerprint density at radius 1 is 1.19 bits per heavy atom. The molecule has 1 saturated carbocycles. The molecule has 118 valence electrons. The van der Waals surface area contributed by atoms with E-state index in [1.807, 2.05) is 6.92 Å². The molecular formula is C13H21N3O4S. The molecule has 1 aliphatic carbocycles. The Morgan fingerprint density at radius 3 is 2.43 bits per heavy atom. The number of hydrogen-bond donors (Lipinski definition) is 1. The molecule has 1 fully saturated rings. The molecule has 7 nitrogen and oxygen atoms in total. The van der Waals surface area contributed by atoms with Crippen LogP contribution in [-0.4, -0.2) is 23.6 Å². The summed E-state index contributed by atoms with van der Waals surface area (Å²) in [5.41, 5.74) is -1.35. The van der Waals surface area contributed by atoms with Gasteiger partial charge >= 0.3 is 5.69 Å². The van der Waals surface area contributed by atoms with Gasteiger partial charge in [0.1, 0.15) is 0 Å². The maximum atomic E-state index is 12.4. The van der Waals surface area contributed by atoms with Gasteiger partial charge < -0.3 is 4.57 Å². The smallest absolute Gasteiger partial charge is 0.302 e. The Bertz CT molecular complexity index is 748. The molecule has 0 saturated heterocycles. The van der Waals surface area contributed by atoms with E-state index in [1.54, 1.807) is 0 Å². The average molecular weight is 315 g/mol. The zero-order chi connectivity index (χ0) is 15.8. The number of aromatic nitrogens is 2. The molecule has 8 heteroatoms. The van der Waals surface area contributed by atoms with Crippen LogP contribution in [0.1, 0.15) is 32.6 Å². The maximum absolute atomic E-state index is 12.4. The van der Waals surface area contributed by atoms with Gasteiger partial charge in [-0.2, -0.15) is 0 Å². The zero-order valence-electron chi connectivity index (χ0n) is 12.5. The second kappa shape index (κ2) is 5.76. The fraction of sp³-hybridized carbons (Fsp3) is 0.692. The largest absolute Gasteiger partial charge is 0.330 e. The molecule has 0 aliphatic heterocycles. The molecular weight excluding hydrogens is 294 g/mol. The number of nitrogens with zero attached hydrogens (tertiary/aromatic N) is 2. The van der Waals surface area contributed by atoms with Gasteiger partial charge in [-0.1, -0.05) is 19.8 Å². The van der Waals surface area contributed by atoms with Crippen molar-refractivity contribution in [1.29, 1.82) is 0 Å². The summed E-state index contributed by atoms with van der Waals surface area (Å²) in [6.07, 6.45) is 4.90. The van der Waals surface area contributed by atoms with Gasteiger partial charge in [-0.05, 0) is 18.8 Å². The first kappa shape index (κ1) is 16.0. The first-order chi connectivity index (χ1) is 9.74. The minimum Gasteiger partial charge on any atom is -0.302 e. The van der Waals surface area contributed by atoms with Crippen LogP contribution in [0, 0.1) is 5.92 Å². The van der Waals surface area contributed by atoms with E-state index in [2.05, 4.69) is 4.72 Å². The highest BCUT2D eigenvalue weighted by molar-refractivity contribution is 7.89. The van der Waals surface area contributed by atoms with Crippen LogP contribution in [0.5, 0.6) is 0 Å². The third-order valence-corrected chi connectivity index (χ3v) is 5.59. The monoisotopic (exact) mass is 315 g/mol. The van der Waals surface area contributed by atoms with Crippen LogP contribution in [0.3, 0.4) is 0 Å². The second-order valence-corrected chi connectivity index (χ2v) is 7.42. The van der Waals surface area contributed by atoms with E-state index in [-0.39, 0.29) is 16.9 Å². The third kappa shape index (κ3) is 3.11. The summed E-state index contributed by atoms with van der Waals surface area (Å²) in [7, 11) is -1.24. The molecule has 1 N–H and O–H groups in total. The van der Waals surface area contributed by atoms with Gasteiger partial charge in [0.25, 0.3) is 5.56 Å². The van der Waals surface area contributed by atoms with Crippen LogP contribution in [-0.2, 0) is 24.1 Å². The lowest BCUT2D eigenvalue weighted by atomic mass is 9.87. The van der Waals surface area contributed by atoms with E-state index in [9.17, 15) is 18.0 Å². The van der Waals surface area contributed by atoms with Crippen LogP contribution in [0.2, 0.25) is 0 Å². The standard InChI is InChI=1S/C13H21N3O4S/c1-9-6-4-5-7-10(9)14-21(19,20)11-8-15(2)13(18)16(3)12(11)17/h8-10,14H,4-7H2,1-3H3/t9-,10+/m0/s1. The lowest BCUT2D eigenvalue weighted by Gasteiger charge is -2.29. The number of rotatable bonds is 3. The first-order valence-electron chi connectivity index (χ1n) is 7.03. The van der Waals surface area contributed by atoms with Crippen molar-refractivity contribution in [3.8, 4) is 0 Å². The lowest BCUT2D eigenvalue weighted by Crippen LogP contribution is -2.45. The molecule has 1 heterocycles. The second-order valence-electron chi connectivity index (χ2n) is 5.74. The van der Waals surface area contributed by atoms with Crippen molar-refractivity contribution in [3.05, 3.63) is 27.0 Å². The Morgan fingerprint density at radius 2 is 1.81 bits per heavy atom. The van der Waals surface area contributed by atoms with E-state index in [0.717, 1.165) is 41.0 Å². The van der Waals surface area contributed by atoms with Gasteiger partial charge in [0, 0.05) is 26.3 Å². The summed E-state index contributed by atoms with van der Waals surface area (Å²) in [6, 6.07) is -0.161. The van der Waals surface area contributed by atoms with Gasteiger partial charge in [-0.25, -0.2) is 17.9 Å². The lowest BCUT2D eigenvalue weighted by molar-refractivity contribution is 0.310. The summed E-state index contributed by atoms with van der Waals surface area (Å²) in [6.45, 7) is 2.01. The fourth-order valence-corrected chi connectivity index (χ4v) is 4.25. The Hall–Kier alpha value is -1.41. The Balaban J connectivity index is 2.41. The van der Waals surface area contributed by atoms with Gasteiger partial charge in [-0.3, -0.25) is 9.36 Å². The minimum atomic E-state index is -3.93. The molecule has 0 spiro atoms. The van der Waals surface area contributed by atoms with Crippen LogP contribution in [0.4, 0.5) is 0 Å². The molecule has 1 aliphatic rings. The van der Waals surface area contributed by atoms with Crippen molar-refractivity contribution in [2.75, 3.05) is 0 Å². The van der Waals surface area contributed by atoms with E-state index in [0.29, 0.717) is 0 Å². The maximum Gasteiger partial charge on any atom is 0.330 e. The molecule has 0 radical (unpaired) electrons. The highest BCUT2D eigenvalue weighted by Gasteiger charge is 2.29. The normalized spacial score (nSPS) is 23.2. The highest BCUT2D eigenvalue weighted by Crippen LogP contribution is 2.24. The van der Waals surface area contributed by atoms with Crippen LogP contribution in [0.25, 0.3) is 0 Å². The molecule has 0 bridgehead atoms. The van der Waals surface area contributed by atoms with Gasteiger partial charge in [0.05, 0.1) is 0 Å². The van der Waals surface area contributed by atoms with Crippen molar-refractivity contribution >= 4 is 10.0 Å². The first-order valence-corrected chi connectivity index (χ1v) is 8.51. The van der Waals surface area contributed by atoms with E-state index >= 15 is 0 Å². The number of nitrogens with one attached hydrogen (secondary N) is 1. The third-order valence-electron chi connectivity index (χ3n) is 4.12. The minimum absolute atomic E-state index is 0.161. The SMILES string of the molecule is C[C@H]1CCCC[C@H]1NS(=O)(=O)c1cn(C)c(=O)n(C)c1=O. The predicted octanol–water partition coefficient (Wildman–Crippen LogP) is -0.0590. The molecule has 2 atom stereocenters. The molecule has 1 aromatic rings. The molecule has 2 rings (SSSR count). The molecule has 21 heavy (non-hydrogen) atoms. The summed E-state index contributed by atoms with van der Waals surface area (Å²) in [5.74, 6) is 0.241. The van der Waals surface area contributed by atoms with Crippen molar-refractivity contribution in [1.82, 2.24) is 13.9 Å². The number of hydrogen-bond acceptors (Lipinski definition) is 4. The molecule has 0 aromatic carbocycles. The topological polar surface area (TPSA) is 90.2 Å². The average Bonchev–Trinajstić information content (AvgIpc) is 2.42. The van der Waals surface area contributed by atoms with Gasteiger partial charge in [-0.15, -0.1) is 0 Å². The summed E-state index contributed by atoms with van der Waals surface area (Å²) in [5, 5.41) is 0. The quantitative estimate of drug-likeness (QED) is 0.846. The van der Waals surface area contributed by atoms with Crippen molar-refractivity contribution in [2.24, 2.45) is 20.0 Å². The number of aryl methyl sites for hydroxylation is 1. The van der Waals surface area contributed by atoms with E-state index in [4.69, 9.17) is 0 Å². The van der Waals surface area contributed by atoms with Crippen molar-refractivity contribution < 1.29 is 8.42 Å². The molecule has 0 amide bonds. The van der Waals surface area contributed by atoms with E-state index in [1.165, 1.54) is 14.1 Å². The van der Waals surface area contributed by atoms with Gasteiger partial charge in [0.15, 0.2) is 4.90 Å². The predicted molar refractivity (Wildman–Crippen MR) is 78.7 cm³/mol. The summed E-state index contributed by atoms with van der Waals surface area (Å²) in [4.78, 5) is 23.3. The summed E-state index contributed by atoms with van der Waals surface area (Å²) >= 11 is 0. The van der Waals surface area contributed by atoms with Crippen molar-refractivity contribution in [3.63, 3.8) is 0 Å². The Labute approximate surface area is 123 Å². The fourth-order valence-electron chi connectivity index (χ4n) is 2.71. The summed E-state index contributed by atoms with van der Waals surface area (Å²) < 4.78 is 29.4. The number of sulfonamides is 1. The van der Waals surface area contributed by atoms with Crippen LogP contribution < -0.4 is 16.0 Å². The Kier molecular flexibility index (Phi) is 4.38. The van der Waals surface area contributed by atoms with Crippen LogP contribution >= 0.6 is 0 Å². The zero-order valence-corrected chi connectivity index (χ0v) is 13.3. The van der Waals surface area contributed by atoms with E-state index < -0.39 is 21.3 Å². The van der Waals surface area contributed by atoms with Crippen LogP contribution in [0.15, 0.2) is 20.7 Å². The molecule has 1 aromatic heterocycles. The molecule has 0 unspecified atom stereocenters. The van der Waals surface area contributed by atoms with Gasteiger partial charge in [0.2, 0.25) is 10.0 Å². The van der Waals surface area contributed by atoms with Crippen molar-refractivity contribution in [2.45, 2.75) is 43.5 Å².